The van der Waals surface area contributed by atoms with Crippen LogP contribution in [0.1, 0.15) is 57.4 Å². The number of halogens is 2. The van der Waals surface area contributed by atoms with Gasteiger partial charge in [-0.05, 0) is 118 Å². The molecule has 2 aliphatic rings. The van der Waals surface area contributed by atoms with E-state index in [0.29, 0.717) is 40.5 Å². The van der Waals surface area contributed by atoms with Crippen molar-refractivity contribution in [1.29, 1.82) is 0 Å². The second kappa shape index (κ2) is 14.3. The van der Waals surface area contributed by atoms with Gasteiger partial charge in [0.2, 0.25) is 5.95 Å². The Morgan fingerprint density at radius 2 is 1.56 bits per heavy atom. The van der Waals surface area contributed by atoms with Gasteiger partial charge in [0.15, 0.2) is 5.75 Å². The fraction of sp³-hybridized carbons (Fsp3) is 0.469. The first kappa shape index (κ1) is 29.6. The number of aromatic nitrogens is 2. The minimum absolute atomic E-state index is 0.0908. The highest BCUT2D eigenvalue weighted by Crippen LogP contribution is 2.33. The SMILES string of the molecule is CCOC(=O)CCC1CCN(Cc2cc(Oc3cnc(N4CCCCC4)nc3)cc(-c3cc(Cl)cc(Cl)c3)c2)CC1. The molecular formula is C32H38Cl2N4O3. The predicted molar refractivity (Wildman–Crippen MR) is 164 cm³/mol. The molecule has 0 saturated carbocycles. The second-order valence-electron chi connectivity index (χ2n) is 11.0. The van der Waals surface area contributed by atoms with E-state index in [0.717, 1.165) is 74.6 Å². The molecule has 3 heterocycles. The van der Waals surface area contributed by atoms with Crippen molar-refractivity contribution in [3.8, 4) is 22.6 Å². The third-order valence-electron chi connectivity index (χ3n) is 7.83. The number of hydrogen-bond donors (Lipinski definition) is 0. The summed E-state index contributed by atoms with van der Waals surface area (Å²) >= 11 is 12.7. The monoisotopic (exact) mass is 596 g/mol. The highest BCUT2D eigenvalue weighted by atomic mass is 35.5. The van der Waals surface area contributed by atoms with Crippen molar-refractivity contribution in [3.05, 3.63) is 64.4 Å². The molecule has 0 N–H and O–H groups in total. The maximum absolute atomic E-state index is 11.8. The lowest BCUT2D eigenvalue weighted by Crippen LogP contribution is -2.33. The quantitative estimate of drug-likeness (QED) is 0.221. The van der Waals surface area contributed by atoms with Gasteiger partial charge in [-0.15, -0.1) is 0 Å². The lowest BCUT2D eigenvalue weighted by atomic mass is 9.92. The Bertz CT molecular complexity index is 1290. The molecule has 2 saturated heterocycles. The minimum Gasteiger partial charge on any atom is -0.466 e. The average molecular weight is 598 g/mol. The molecular weight excluding hydrogens is 559 g/mol. The van der Waals surface area contributed by atoms with E-state index in [9.17, 15) is 4.79 Å². The summed E-state index contributed by atoms with van der Waals surface area (Å²) in [6.45, 7) is 7.06. The number of hydrogen-bond acceptors (Lipinski definition) is 7. The van der Waals surface area contributed by atoms with E-state index in [1.165, 1.54) is 19.3 Å². The van der Waals surface area contributed by atoms with Gasteiger partial charge in [0.05, 0.1) is 19.0 Å². The zero-order chi connectivity index (χ0) is 28.6. The third kappa shape index (κ3) is 8.57. The standard InChI is InChI=1S/C32H38Cl2N4O3/c1-2-40-31(39)7-6-23-8-12-37(13-9-23)22-24-14-25(26-16-27(33)19-28(34)17-26)18-29(15-24)41-30-20-35-32(36-21-30)38-10-4-3-5-11-38/h14-21,23H,2-13,22H2,1H3. The predicted octanol–water partition coefficient (Wildman–Crippen LogP) is 7.79. The van der Waals surface area contributed by atoms with Crippen LogP contribution < -0.4 is 9.64 Å². The van der Waals surface area contributed by atoms with Crippen LogP contribution in [-0.4, -0.2) is 53.6 Å². The molecule has 5 rings (SSSR count). The summed E-state index contributed by atoms with van der Waals surface area (Å²) in [5, 5.41) is 1.18. The van der Waals surface area contributed by atoms with Crippen LogP contribution in [0.15, 0.2) is 48.8 Å². The molecule has 7 nitrogen and oxygen atoms in total. The Balaban J connectivity index is 1.29. The molecule has 2 aromatic carbocycles. The average Bonchev–Trinajstić information content (AvgIpc) is 2.97. The Kier molecular flexibility index (Phi) is 10.4. The van der Waals surface area contributed by atoms with E-state index in [4.69, 9.17) is 32.7 Å². The number of anilines is 1. The Morgan fingerprint density at radius 1 is 0.878 bits per heavy atom. The number of carbonyl (C=O) groups excluding carboxylic acids is 1. The number of benzene rings is 2. The van der Waals surface area contributed by atoms with Crippen LogP contribution >= 0.6 is 23.2 Å². The molecule has 0 amide bonds. The van der Waals surface area contributed by atoms with E-state index in [1.807, 2.05) is 25.1 Å². The first-order valence-corrected chi connectivity index (χ1v) is 15.4. The van der Waals surface area contributed by atoms with Gasteiger partial charge >= 0.3 is 5.97 Å². The summed E-state index contributed by atoms with van der Waals surface area (Å²) in [5.74, 6) is 2.53. The van der Waals surface area contributed by atoms with Crippen molar-refractivity contribution in [2.75, 3.05) is 37.7 Å². The number of nitrogens with zero attached hydrogens (tertiary/aromatic N) is 4. The second-order valence-corrected chi connectivity index (χ2v) is 11.8. The fourth-order valence-corrected chi connectivity index (χ4v) is 6.23. The zero-order valence-corrected chi connectivity index (χ0v) is 25.2. The Labute approximate surface area is 252 Å². The number of esters is 1. The number of carbonyl (C=O) groups is 1. The molecule has 0 spiro atoms. The van der Waals surface area contributed by atoms with Gasteiger partial charge in [0, 0.05) is 36.1 Å². The van der Waals surface area contributed by atoms with Crippen LogP contribution in [0.25, 0.3) is 11.1 Å². The molecule has 0 atom stereocenters. The number of piperidine rings is 2. The lowest BCUT2D eigenvalue weighted by molar-refractivity contribution is -0.143. The number of ether oxygens (including phenoxy) is 2. The summed E-state index contributed by atoms with van der Waals surface area (Å²) < 4.78 is 11.4. The normalized spacial score (nSPS) is 16.5. The van der Waals surface area contributed by atoms with Gasteiger partial charge in [-0.25, -0.2) is 9.97 Å². The van der Waals surface area contributed by atoms with Gasteiger partial charge in [0.1, 0.15) is 5.75 Å². The first-order chi connectivity index (χ1) is 19.9. The lowest BCUT2D eigenvalue weighted by Gasteiger charge is -2.32. The molecule has 0 unspecified atom stereocenters. The van der Waals surface area contributed by atoms with Crippen LogP contribution in [0.4, 0.5) is 5.95 Å². The van der Waals surface area contributed by atoms with Gasteiger partial charge in [-0.3, -0.25) is 9.69 Å². The molecule has 41 heavy (non-hydrogen) atoms. The topological polar surface area (TPSA) is 67.8 Å². The third-order valence-corrected chi connectivity index (χ3v) is 8.26. The van der Waals surface area contributed by atoms with Crippen LogP contribution in [0.5, 0.6) is 11.5 Å². The summed E-state index contributed by atoms with van der Waals surface area (Å²) in [5.41, 5.74) is 3.06. The Hall–Kier alpha value is -2.87. The van der Waals surface area contributed by atoms with Gasteiger partial charge in [0.25, 0.3) is 0 Å². The van der Waals surface area contributed by atoms with Crippen LogP contribution in [0, 0.1) is 5.92 Å². The number of rotatable bonds is 10. The molecule has 3 aromatic rings. The summed E-state index contributed by atoms with van der Waals surface area (Å²) in [7, 11) is 0. The van der Waals surface area contributed by atoms with Crippen LogP contribution in [0.3, 0.4) is 0 Å². The number of likely N-dealkylation sites (tertiary alicyclic amines) is 1. The molecule has 0 bridgehead atoms. The molecule has 2 aliphatic heterocycles. The van der Waals surface area contributed by atoms with Crippen molar-refractivity contribution in [1.82, 2.24) is 14.9 Å². The largest absolute Gasteiger partial charge is 0.466 e. The molecule has 0 radical (unpaired) electrons. The van der Waals surface area contributed by atoms with Crippen LogP contribution in [0.2, 0.25) is 10.0 Å². The summed E-state index contributed by atoms with van der Waals surface area (Å²) in [6.07, 6.45) is 10.7. The van der Waals surface area contributed by atoms with Crippen LogP contribution in [-0.2, 0) is 16.1 Å². The van der Waals surface area contributed by atoms with Crippen molar-refractivity contribution in [3.63, 3.8) is 0 Å². The fourth-order valence-electron chi connectivity index (χ4n) is 5.70. The minimum atomic E-state index is -0.0908. The zero-order valence-electron chi connectivity index (χ0n) is 23.7. The smallest absolute Gasteiger partial charge is 0.305 e. The van der Waals surface area contributed by atoms with E-state index in [1.54, 1.807) is 18.5 Å². The Morgan fingerprint density at radius 3 is 2.24 bits per heavy atom. The van der Waals surface area contributed by atoms with Gasteiger partial charge in [-0.2, -0.15) is 0 Å². The summed E-state index contributed by atoms with van der Waals surface area (Å²) in [4.78, 5) is 25.6. The van der Waals surface area contributed by atoms with E-state index in [-0.39, 0.29) is 5.97 Å². The van der Waals surface area contributed by atoms with E-state index in [2.05, 4.69) is 31.9 Å². The molecule has 0 aliphatic carbocycles. The maximum atomic E-state index is 11.8. The highest BCUT2D eigenvalue weighted by Gasteiger charge is 2.21. The molecule has 218 valence electrons. The first-order valence-electron chi connectivity index (χ1n) is 14.7. The van der Waals surface area contributed by atoms with E-state index >= 15 is 0 Å². The molecule has 2 fully saturated rings. The van der Waals surface area contributed by atoms with Crippen molar-refractivity contribution in [2.24, 2.45) is 5.92 Å². The summed E-state index contributed by atoms with van der Waals surface area (Å²) in [6, 6.07) is 11.8. The van der Waals surface area contributed by atoms with Crippen molar-refractivity contribution >= 4 is 35.1 Å². The van der Waals surface area contributed by atoms with Gasteiger partial charge in [-0.1, -0.05) is 23.2 Å². The van der Waals surface area contributed by atoms with Crippen molar-refractivity contribution in [2.45, 2.75) is 58.4 Å². The van der Waals surface area contributed by atoms with E-state index < -0.39 is 0 Å². The van der Waals surface area contributed by atoms with Crippen molar-refractivity contribution < 1.29 is 14.3 Å². The molecule has 1 aromatic heterocycles. The van der Waals surface area contributed by atoms with Gasteiger partial charge < -0.3 is 14.4 Å². The highest BCUT2D eigenvalue weighted by molar-refractivity contribution is 6.35. The maximum Gasteiger partial charge on any atom is 0.305 e. The molecule has 9 heteroatoms.